The quantitative estimate of drug-likeness (QED) is 0.577. The summed E-state index contributed by atoms with van der Waals surface area (Å²) >= 11 is 6.93. The molecule has 50 valence electrons. The van der Waals surface area contributed by atoms with Gasteiger partial charge in [0, 0.05) is 10.7 Å². The standard InChI is InChI=1S/C6H7ClOS/c7-4-5(8)6-2-1-3-9-6/h2H,1,3-4H2. The molecule has 1 rings (SSSR count). The summed E-state index contributed by atoms with van der Waals surface area (Å²) in [5.74, 6) is 1.23. The number of alkyl halides is 1. The highest BCUT2D eigenvalue weighted by Crippen LogP contribution is 2.25. The molecule has 0 N–H and O–H groups in total. The molecule has 0 atom stereocenters. The fourth-order valence-electron chi connectivity index (χ4n) is 0.678. The zero-order chi connectivity index (χ0) is 6.69. The van der Waals surface area contributed by atoms with Gasteiger partial charge in [0.15, 0.2) is 5.78 Å². The van der Waals surface area contributed by atoms with Gasteiger partial charge in [-0.25, -0.2) is 0 Å². The van der Waals surface area contributed by atoms with Crippen molar-refractivity contribution in [3.63, 3.8) is 0 Å². The number of carbonyl (C=O) groups is 1. The zero-order valence-electron chi connectivity index (χ0n) is 4.89. The second-order valence-corrected chi connectivity index (χ2v) is 3.17. The lowest BCUT2D eigenvalue weighted by Crippen LogP contribution is -1.98. The first kappa shape index (κ1) is 7.16. The van der Waals surface area contributed by atoms with Crippen LogP contribution in [0.4, 0.5) is 0 Å². The SMILES string of the molecule is O=C(CCl)C1=CCCS1. The molecule has 0 aliphatic carbocycles. The lowest BCUT2D eigenvalue weighted by Gasteiger charge is -1.92. The third kappa shape index (κ3) is 1.73. The number of carbonyl (C=O) groups excluding carboxylic acids is 1. The lowest BCUT2D eigenvalue weighted by atomic mass is 10.3. The van der Waals surface area contributed by atoms with E-state index in [1.54, 1.807) is 11.8 Å². The van der Waals surface area contributed by atoms with Crippen LogP contribution in [0.1, 0.15) is 6.42 Å². The molecule has 0 aromatic rings. The molecule has 0 bridgehead atoms. The van der Waals surface area contributed by atoms with Gasteiger partial charge in [0.25, 0.3) is 0 Å². The molecule has 0 unspecified atom stereocenters. The molecule has 9 heavy (non-hydrogen) atoms. The predicted octanol–water partition coefficient (Wildman–Crippen LogP) is 1.82. The molecule has 0 radical (unpaired) electrons. The number of halogens is 1. The van der Waals surface area contributed by atoms with E-state index in [-0.39, 0.29) is 11.7 Å². The molecular formula is C6H7ClOS. The van der Waals surface area contributed by atoms with E-state index in [9.17, 15) is 4.79 Å². The minimum Gasteiger partial charge on any atom is -0.292 e. The molecule has 1 heterocycles. The molecule has 0 aromatic carbocycles. The lowest BCUT2D eigenvalue weighted by molar-refractivity contribution is -0.112. The van der Waals surface area contributed by atoms with Crippen molar-refractivity contribution in [1.82, 2.24) is 0 Å². The minimum absolute atomic E-state index is 0.0687. The van der Waals surface area contributed by atoms with E-state index in [2.05, 4.69) is 0 Å². The Morgan fingerprint density at radius 2 is 2.67 bits per heavy atom. The maximum absolute atomic E-state index is 10.8. The summed E-state index contributed by atoms with van der Waals surface area (Å²) in [6.07, 6.45) is 2.97. The van der Waals surface area contributed by atoms with Crippen LogP contribution in [-0.4, -0.2) is 17.4 Å². The number of ketones is 1. The minimum atomic E-state index is 0.0687. The molecule has 3 heteroatoms. The normalized spacial score (nSPS) is 17.7. The van der Waals surface area contributed by atoms with E-state index >= 15 is 0 Å². The third-order valence-corrected chi connectivity index (χ3v) is 2.49. The number of rotatable bonds is 2. The highest BCUT2D eigenvalue weighted by atomic mass is 35.5. The van der Waals surface area contributed by atoms with Crippen molar-refractivity contribution in [2.75, 3.05) is 11.6 Å². The van der Waals surface area contributed by atoms with E-state index in [0.29, 0.717) is 0 Å². The van der Waals surface area contributed by atoms with Gasteiger partial charge in [0.2, 0.25) is 0 Å². The number of thioether (sulfide) groups is 1. The Labute approximate surface area is 63.5 Å². The molecule has 1 aliphatic heterocycles. The van der Waals surface area contributed by atoms with Crippen molar-refractivity contribution in [3.8, 4) is 0 Å². The van der Waals surface area contributed by atoms with Crippen molar-refractivity contribution < 1.29 is 4.79 Å². The van der Waals surface area contributed by atoms with Crippen LogP contribution in [0.3, 0.4) is 0 Å². The number of hydrogen-bond acceptors (Lipinski definition) is 2. The Morgan fingerprint density at radius 3 is 3.11 bits per heavy atom. The van der Waals surface area contributed by atoms with Crippen LogP contribution in [-0.2, 0) is 4.79 Å². The molecule has 0 amide bonds. The Balaban J connectivity index is 2.51. The molecule has 0 fully saturated rings. The Bertz CT molecular complexity index is 153. The highest BCUT2D eigenvalue weighted by molar-refractivity contribution is 8.04. The van der Waals surface area contributed by atoms with Crippen LogP contribution in [0, 0.1) is 0 Å². The van der Waals surface area contributed by atoms with Crippen LogP contribution in [0.25, 0.3) is 0 Å². The van der Waals surface area contributed by atoms with Crippen molar-refractivity contribution >= 4 is 29.1 Å². The van der Waals surface area contributed by atoms with Gasteiger partial charge in [-0.05, 0) is 6.42 Å². The second-order valence-electron chi connectivity index (χ2n) is 1.76. The second kappa shape index (κ2) is 3.28. The first-order valence-corrected chi connectivity index (χ1v) is 4.28. The van der Waals surface area contributed by atoms with Gasteiger partial charge in [0.1, 0.15) is 0 Å². The van der Waals surface area contributed by atoms with Crippen molar-refractivity contribution in [1.29, 1.82) is 0 Å². The van der Waals surface area contributed by atoms with E-state index in [1.807, 2.05) is 6.08 Å². The molecule has 0 spiro atoms. The maximum Gasteiger partial charge on any atom is 0.183 e. The van der Waals surface area contributed by atoms with E-state index in [0.717, 1.165) is 17.1 Å². The Kier molecular flexibility index (Phi) is 2.61. The highest BCUT2D eigenvalue weighted by Gasteiger charge is 2.11. The monoisotopic (exact) mass is 162 g/mol. The third-order valence-electron chi connectivity index (χ3n) is 1.10. The smallest absolute Gasteiger partial charge is 0.183 e. The van der Waals surface area contributed by atoms with E-state index in [4.69, 9.17) is 11.6 Å². The Morgan fingerprint density at radius 1 is 1.89 bits per heavy atom. The predicted molar refractivity (Wildman–Crippen MR) is 40.9 cm³/mol. The van der Waals surface area contributed by atoms with Gasteiger partial charge < -0.3 is 0 Å². The van der Waals surface area contributed by atoms with Gasteiger partial charge in [-0.2, -0.15) is 0 Å². The maximum atomic E-state index is 10.8. The zero-order valence-corrected chi connectivity index (χ0v) is 6.47. The largest absolute Gasteiger partial charge is 0.292 e. The van der Waals surface area contributed by atoms with Crippen LogP contribution >= 0.6 is 23.4 Å². The van der Waals surface area contributed by atoms with Gasteiger partial charge >= 0.3 is 0 Å². The van der Waals surface area contributed by atoms with Gasteiger partial charge in [-0.1, -0.05) is 6.08 Å². The fourth-order valence-corrected chi connectivity index (χ4v) is 1.83. The summed E-state index contributed by atoms with van der Waals surface area (Å²) in [6, 6.07) is 0. The number of hydrogen-bond donors (Lipinski definition) is 0. The summed E-state index contributed by atoms with van der Waals surface area (Å²) < 4.78 is 0. The van der Waals surface area contributed by atoms with E-state index < -0.39 is 0 Å². The molecule has 1 nitrogen and oxygen atoms in total. The van der Waals surface area contributed by atoms with Crippen molar-refractivity contribution in [2.45, 2.75) is 6.42 Å². The molecule has 0 aromatic heterocycles. The summed E-state index contributed by atoms with van der Waals surface area (Å²) in [5, 5.41) is 0. The first-order chi connectivity index (χ1) is 4.34. The van der Waals surface area contributed by atoms with Crippen LogP contribution in [0.2, 0.25) is 0 Å². The summed E-state index contributed by atoms with van der Waals surface area (Å²) in [5.41, 5.74) is 0. The molecule has 1 aliphatic rings. The molecule has 0 saturated heterocycles. The average Bonchev–Trinajstić information content (AvgIpc) is 2.37. The molecule has 0 saturated carbocycles. The average molecular weight is 163 g/mol. The van der Waals surface area contributed by atoms with Gasteiger partial charge in [-0.3, -0.25) is 4.79 Å². The van der Waals surface area contributed by atoms with Crippen molar-refractivity contribution in [2.24, 2.45) is 0 Å². The topological polar surface area (TPSA) is 17.1 Å². The van der Waals surface area contributed by atoms with E-state index in [1.165, 1.54) is 0 Å². The summed E-state index contributed by atoms with van der Waals surface area (Å²) in [6.45, 7) is 0. The van der Waals surface area contributed by atoms with Crippen LogP contribution < -0.4 is 0 Å². The fraction of sp³-hybridized carbons (Fsp3) is 0.500. The number of allylic oxidation sites excluding steroid dienone is 2. The van der Waals surface area contributed by atoms with Crippen LogP contribution in [0.5, 0.6) is 0 Å². The van der Waals surface area contributed by atoms with Gasteiger partial charge in [0.05, 0.1) is 5.88 Å². The van der Waals surface area contributed by atoms with Crippen molar-refractivity contribution in [3.05, 3.63) is 11.0 Å². The molecular weight excluding hydrogens is 156 g/mol. The first-order valence-electron chi connectivity index (χ1n) is 2.76. The van der Waals surface area contributed by atoms with Crippen LogP contribution in [0.15, 0.2) is 11.0 Å². The van der Waals surface area contributed by atoms with Gasteiger partial charge in [-0.15, -0.1) is 23.4 Å². The number of Topliss-reactive ketones (excluding diaryl/α,β-unsaturated/α-hetero) is 1. The summed E-state index contributed by atoms with van der Waals surface area (Å²) in [4.78, 5) is 11.6. The summed E-state index contributed by atoms with van der Waals surface area (Å²) in [7, 11) is 0. The Hall–Kier alpha value is 0.0500.